The van der Waals surface area contributed by atoms with Gasteiger partial charge in [0, 0.05) is 18.7 Å². The molecule has 0 fully saturated rings. The molecule has 0 saturated carbocycles. The van der Waals surface area contributed by atoms with Crippen molar-refractivity contribution in [2.45, 2.75) is 19.3 Å². The maximum atomic E-state index is 9.51. The average molecular weight is 442 g/mol. The molecular formula is C21H31NO7S. The molecule has 0 aliphatic rings. The predicted octanol–water partition coefficient (Wildman–Crippen LogP) is 1.98. The SMILES string of the molecule is COc1ccc(CC(CCO)Cc2ccc(OC)cc2OC)c(OC)c1.N[SH](=O)=O. The summed E-state index contributed by atoms with van der Waals surface area (Å²) in [6.07, 6.45) is 2.29. The third-order valence-corrected chi connectivity index (χ3v) is 4.54. The Morgan fingerprint density at radius 2 is 1.23 bits per heavy atom. The second kappa shape index (κ2) is 13.7. The molecule has 0 radical (unpaired) electrons. The van der Waals surface area contributed by atoms with Crippen molar-refractivity contribution in [3.05, 3.63) is 47.5 Å². The van der Waals surface area contributed by atoms with Gasteiger partial charge in [0.25, 0.3) is 0 Å². The van der Waals surface area contributed by atoms with Gasteiger partial charge in [0.1, 0.15) is 23.0 Å². The normalized spacial score (nSPS) is 10.4. The maximum absolute atomic E-state index is 9.51. The molecule has 8 nitrogen and oxygen atoms in total. The van der Waals surface area contributed by atoms with Crippen LogP contribution in [0.25, 0.3) is 0 Å². The summed E-state index contributed by atoms with van der Waals surface area (Å²) in [5, 5.41) is 13.6. The number of aliphatic hydroxyl groups is 1. The molecule has 2 aromatic carbocycles. The van der Waals surface area contributed by atoms with E-state index in [2.05, 4.69) is 5.14 Å². The van der Waals surface area contributed by atoms with E-state index in [4.69, 9.17) is 27.4 Å². The lowest BCUT2D eigenvalue weighted by atomic mass is 9.89. The first-order valence-electron chi connectivity index (χ1n) is 9.30. The first-order chi connectivity index (χ1) is 14.4. The second-order valence-electron chi connectivity index (χ2n) is 6.43. The molecule has 0 saturated heterocycles. The Hall–Kier alpha value is -2.49. The molecule has 0 unspecified atom stereocenters. The van der Waals surface area contributed by atoms with Gasteiger partial charge in [-0.1, -0.05) is 12.1 Å². The lowest BCUT2D eigenvalue weighted by molar-refractivity contribution is 0.254. The summed E-state index contributed by atoms with van der Waals surface area (Å²) >= 11 is 0. The van der Waals surface area contributed by atoms with Gasteiger partial charge >= 0.3 is 0 Å². The number of thiol groups is 1. The summed E-state index contributed by atoms with van der Waals surface area (Å²) in [6, 6.07) is 11.7. The van der Waals surface area contributed by atoms with E-state index in [1.807, 2.05) is 36.4 Å². The van der Waals surface area contributed by atoms with Gasteiger partial charge in [0.15, 0.2) is 10.9 Å². The topological polar surface area (TPSA) is 117 Å². The number of aliphatic hydroxyl groups excluding tert-OH is 1. The highest BCUT2D eigenvalue weighted by Crippen LogP contribution is 2.31. The van der Waals surface area contributed by atoms with Crippen LogP contribution in [0, 0.1) is 5.92 Å². The van der Waals surface area contributed by atoms with Crippen LogP contribution in [0.1, 0.15) is 17.5 Å². The van der Waals surface area contributed by atoms with Crippen molar-refractivity contribution in [3.8, 4) is 23.0 Å². The quantitative estimate of drug-likeness (QED) is 0.483. The summed E-state index contributed by atoms with van der Waals surface area (Å²) in [6.45, 7) is 0.140. The van der Waals surface area contributed by atoms with E-state index >= 15 is 0 Å². The number of rotatable bonds is 10. The fourth-order valence-electron chi connectivity index (χ4n) is 3.12. The summed E-state index contributed by atoms with van der Waals surface area (Å²) in [7, 11) is 3.97. The van der Waals surface area contributed by atoms with E-state index in [0.29, 0.717) is 6.42 Å². The van der Waals surface area contributed by atoms with Crippen molar-refractivity contribution >= 4 is 10.9 Å². The zero-order valence-corrected chi connectivity index (χ0v) is 18.7. The van der Waals surface area contributed by atoms with Gasteiger partial charge < -0.3 is 24.1 Å². The lowest BCUT2D eigenvalue weighted by Crippen LogP contribution is -2.12. The lowest BCUT2D eigenvalue weighted by Gasteiger charge is -2.20. The van der Waals surface area contributed by atoms with E-state index < -0.39 is 10.9 Å². The van der Waals surface area contributed by atoms with Crippen LogP contribution >= 0.6 is 0 Å². The molecule has 0 spiro atoms. The van der Waals surface area contributed by atoms with Crippen LogP contribution in [0.5, 0.6) is 23.0 Å². The van der Waals surface area contributed by atoms with E-state index in [0.717, 1.165) is 47.0 Å². The number of nitrogens with two attached hydrogens (primary N) is 1. The Labute approximate surface area is 179 Å². The minimum absolute atomic E-state index is 0.140. The predicted molar refractivity (Wildman–Crippen MR) is 116 cm³/mol. The van der Waals surface area contributed by atoms with Gasteiger partial charge in [-0.15, -0.1) is 0 Å². The third kappa shape index (κ3) is 8.48. The number of hydrogen-bond donors (Lipinski definition) is 3. The Balaban J connectivity index is 0.00000103. The minimum atomic E-state index is -2.62. The van der Waals surface area contributed by atoms with Crippen LogP contribution in [0.15, 0.2) is 36.4 Å². The van der Waals surface area contributed by atoms with Crippen LogP contribution < -0.4 is 24.1 Å². The first-order valence-corrected chi connectivity index (χ1v) is 10.5. The third-order valence-electron chi connectivity index (χ3n) is 4.54. The van der Waals surface area contributed by atoms with Crippen molar-refractivity contribution in [1.29, 1.82) is 0 Å². The average Bonchev–Trinajstić information content (AvgIpc) is 2.74. The highest BCUT2D eigenvalue weighted by atomic mass is 32.2. The van der Waals surface area contributed by atoms with Crippen LogP contribution in [0.4, 0.5) is 0 Å². The molecular weight excluding hydrogens is 410 g/mol. The molecule has 0 aliphatic carbocycles. The number of hydrogen-bond acceptors (Lipinski definition) is 7. The standard InChI is InChI=1S/C21H28O5.H3NO2S/c1-23-18-7-5-16(20(13-18)25-3)11-15(9-10-22)12-17-6-8-19(24-2)14-21(17)26-4;1-4(2)3/h5-8,13-15,22H,9-12H2,1-4H3;4H,(H2,1,2,3). The highest BCUT2D eigenvalue weighted by Gasteiger charge is 2.17. The molecule has 0 aliphatic heterocycles. The van der Waals surface area contributed by atoms with E-state index in [9.17, 15) is 5.11 Å². The molecule has 9 heteroatoms. The van der Waals surface area contributed by atoms with E-state index in [-0.39, 0.29) is 12.5 Å². The van der Waals surface area contributed by atoms with Crippen molar-refractivity contribution in [3.63, 3.8) is 0 Å². The Morgan fingerprint density at radius 3 is 1.53 bits per heavy atom. The summed E-state index contributed by atoms with van der Waals surface area (Å²) < 4.78 is 39.2. The zero-order chi connectivity index (χ0) is 22.5. The molecule has 30 heavy (non-hydrogen) atoms. The van der Waals surface area contributed by atoms with Gasteiger partial charge in [0.05, 0.1) is 28.4 Å². The molecule has 3 N–H and O–H groups in total. The molecule has 0 heterocycles. The Morgan fingerprint density at radius 1 is 0.833 bits per heavy atom. The molecule has 0 bridgehead atoms. The molecule has 0 amide bonds. The molecule has 0 atom stereocenters. The molecule has 0 aromatic heterocycles. The van der Waals surface area contributed by atoms with Crippen LogP contribution in [0.2, 0.25) is 0 Å². The van der Waals surface area contributed by atoms with E-state index in [1.54, 1.807) is 28.4 Å². The van der Waals surface area contributed by atoms with Gasteiger partial charge in [-0.05, 0) is 48.4 Å². The van der Waals surface area contributed by atoms with Crippen molar-refractivity contribution in [2.75, 3.05) is 35.0 Å². The molecule has 2 rings (SSSR count). The monoisotopic (exact) mass is 441 g/mol. The van der Waals surface area contributed by atoms with Gasteiger partial charge in [-0.25, -0.2) is 13.6 Å². The van der Waals surface area contributed by atoms with Crippen LogP contribution in [-0.2, 0) is 23.7 Å². The number of benzene rings is 2. The van der Waals surface area contributed by atoms with Crippen molar-refractivity contribution in [1.82, 2.24) is 0 Å². The number of ether oxygens (including phenoxy) is 4. The van der Waals surface area contributed by atoms with Crippen molar-refractivity contribution < 1.29 is 32.5 Å². The second-order valence-corrected chi connectivity index (χ2v) is 7.00. The smallest absolute Gasteiger partial charge is 0.198 e. The largest absolute Gasteiger partial charge is 0.497 e. The van der Waals surface area contributed by atoms with Crippen LogP contribution in [0.3, 0.4) is 0 Å². The first kappa shape index (κ1) is 25.5. The fraction of sp³-hybridized carbons (Fsp3) is 0.429. The minimum Gasteiger partial charge on any atom is -0.497 e. The van der Waals surface area contributed by atoms with Gasteiger partial charge in [-0.3, -0.25) is 0 Å². The maximum Gasteiger partial charge on any atom is 0.198 e. The van der Waals surface area contributed by atoms with Crippen molar-refractivity contribution in [2.24, 2.45) is 11.1 Å². The highest BCUT2D eigenvalue weighted by molar-refractivity contribution is 7.69. The molecule has 168 valence electrons. The van der Waals surface area contributed by atoms with Gasteiger partial charge in [-0.2, -0.15) is 0 Å². The van der Waals surface area contributed by atoms with Gasteiger partial charge in [0.2, 0.25) is 0 Å². The summed E-state index contributed by atoms with van der Waals surface area (Å²) in [5.74, 6) is 3.38. The zero-order valence-electron chi connectivity index (χ0n) is 17.8. The number of methoxy groups -OCH3 is 4. The fourth-order valence-corrected chi connectivity index (χ4v) is 3.12. The summed E-state index contributed by atoms with van der Waals surface area (Å²) in [5.41, 5.74) is 2.19. The van der Waals surface area contributed by atoms with Crippen LogP contribution in [-0.4, -0.2) is 48.6 Å². The molecule has 2 aromatic rings. The summed E-state index contributed by atoms with van der Waals surface area (Å²) in [4.78, 5) is 0. The Bertz CT molecular complexity index is 790. The Kier molecular flexibility index (Phi) is 11.7. The van der Waals surface area contributed by atoms with E-state index in [1.165, 1.54) is 0 Å².